The van der Waals surface area contributed by atoms with Gasteiger partial charge in [-0.15, -0.1) is 11.3 Å². The molecule has 1 heterocycles. The van der Waals surface area contributed by atoms with E-state index in [1.54, 1.807) is 12.3 Å². The first-order chi connectivity index (χ1) is 7.00. The number of aromatic nitrogens is 1. The maximum atomic E-state index is 11.7. The molecular formula is C10H13N3OS. The zero-order valence-corrected chi connectivity index (χ0v) is 9.81. The minimum Gasteiger partial charge on any atom is -0.333 e. The van der Waals surface area contributed by atoms with Gasteiger partial charge in [0, 0.05) is 5.38 Å². The van der Waals surface area contributed by atoms with E-state index in [0.29, 0.717) is 12.1 Å². The molecular weight excluding hydrogens is 210 g/mol. The van der Waals surface area contributed by atoms with Crippen LogP contribution in [0.5, 0.6) is 0 Å². The van der Waals surface area contributed by atoms with Crippen molar-refractivity contribution in [2.45, 2.75) is 32.7 Å². The van der Waals surface area contributed by atoms with Crippen LogP contribution in [0.25, 0.3) is 0 Å². The zero-order chi connectivity index (χ0) is 11.5. The van der Waals surface area contributed by atoms with Gasteiger partial charge in [-0.1, -0.05) is 6.92 Å². The van der Waals surface area contributed by atoms with E-state index in [0.717, 1.165) is 5.01 Å². The Labute approximate surface area is 92.9 Å². The highest BCUT2D eigenvalue weighted by Gasteiger charge is 2.25. The highest BCUT2D eigenvalue weighted by atomic mass is 32.1. The molecule has 15 heavy (non-hydrogen) atoms. The molecule has 0 fully saturated rings. The quantitative estimate of drug-likeness (QED) is 0.850. The summed E-state index contributed by atoms with van der Waals surface area (Å²) in [5.41, 5.74) is -0.429. The van der Waals surface area contributed by atoms with Crippen LogP contribution in [0.1, 0.15) is 35.8 Å². The third-order valence-corrected chi connectivity index (χ3v) is 2.97. The lowest BCUT2D eigenvalue weighted by molar-refractivity contribution is 0.0918. The summed E-state index contributed by atoms with van der Waals surface area (Å²) in [7, 11) is 0. The highest BCUT2D eigenvalue weighted by Crippen LogP contribution is 2.11. The van der Waals surface area contributed by atoms with Crippen molar-refractivity contribution in [3.05, 3.63) is 16.1 Å². The number of hydrogen-bond acceptors (Lipinski definition) is 4. The molecule has 0 aliphatic heterocycles. The number of carbonyl (C=O) groups excluding carboxylic acids is 1. The smallest absolute Gasteiger partial charge is 0.271 e. The lowest BCUT2D eigenvalue weighted by Crippen LogP contribution is -2.44. The Hall–Kier alpha value is -1.41. The summed E-state index contributed by atoms with van der Waals surface area (Å²) in [6.45, 7) is 5.39. The predicted molar refractivity (Wildman–Crippen MR) is 58.6 cm³/mol. The molecule has 0 aliphatic rings. The number of thiazole rings is 1. The molecule has 1 amide bonds. The molecule has 4 nitrogen and oxygen atoms in total. The summed E-state index contributed by atoms with van der Waals surface area (Å²) < 4.78 is 0. The number of nitrogens with one attached hydrogen (secondary N) is 1. The molecule has 0 aliphatic carbocycles. The van der Waals surface area contributed by atoms with E-state index in [9.17, 15) is 4.79 Å². The van der Waals surface area contributed by atoms with Gasteiger partial charge in [-0.05, 0) is 20.3 Å². The van der Waals surface area contributed by atoms with Crippen LogP contribution >= 0.6 is 11.3 Å². The van der Waals surface area contributed by atoms with Crippen molar-refractivity contribution in [3.63, 3.8) is 0 Å². The molecule has 0 spiro atoms. The first kappa shape index (κ1) is 11.7. The van der Waals surface area contributed by atoms with Gasteiger partial charge in [0.15, 0.2) is 0 Å². The maximum absolute atomic E-state index is 11.7. The van der Waals surface area contributed by atoms with Gasteiger partial charge in [-0.2, -0.15) is 5.26 Å². The van der Waals surface area contributed by atoms with Crippen LogP contribution in [0.15, 0.2) is 5.38 Å². The van der Waals surface area contributed by atoms with Crippen molar-refractivity contribution >= 4 is 17.2 Å². The number of amides is 1. The molecule has 1 N–H and O–H groups in total. The molecule has 80 valence electrons. The first-order valence-electron chi connectivity index (χ1n) is 4.66. The van der Waals surface area contributed by atoms with E-state index in [1.807, 2.05) is 13.8 Å². The third kappa shape index (κ3) is 2.77. The summed E-state index contributed by atoms with van der Waals surface area (Å²) >= 11 is 1.42. The van der Waals surface area contributed by atoms with E-state index in [-0.39, 0.29) is 5.91 Å². The molecule has 1 unspecified atom stereocenters. The van der Waals surface area contributed by atoms with Gasteiger partial charge in [0.2, 0.25) is 0 Å². The van der Waals surface area contributed by atoms with Crippen LogP contribution in [0, 0.1) is 18.3 Å². The van der Waals surface area contributed by atoms with Crippen LogP contribution in [0.2, 0.25) is 0 Å². The molecule has 0 aromatic carbocycles. The van der Waals surface area contributed by atoms with Crippen molar-refractivity contribution < 1.29 is 4.79 Å². The highest BCUT2D eigenvalue weighted by molar-refractivity contribution is 7.09. The van der Waals surface area contributed by atoms with Crippen molar-refractivity contribution in [1.29, 1.82) is 5.26 Å². The number of nitrogens with zero attached hydrogens (tertiary/aromatic N) is 2. The Balaban J connectivity index is 2.76. The minimum atomic E-state index is -0.811. The zero-order valence-electron chi connectivity index (χ0n) is 9.00. The molecule has 0 saturated heterocycles. The number of aryl methyl sites for hydroxylation is 1. The Bertz CT molecular complexity index is 407. The molecule has 1 aromatic heterocycles. The van der Waals surface area contributed by atoms with Gasteiger partial charge in [0.1, 0.15) is 11.2 Å². The van der Waals surface area contributed by atoms with Gasteiger partial charge in [0.25, 0.3) is 5.91 Å². The van der Waals surface area contributed by atoms with Crippen LogP contribution < -0.4 is 5.32 Å². The van der Waals surface area contributed by atoms with Crippen LogP contribution in [0.4, 0.5) is 0 Å². The van der Waals surface area contributed by atoms with E-state index < -0.39 is 5.54 Å². The predicted octanol–water partition coefficient (Wildman–Crippen LogP) is 1.87. The summed E-state index contributed by atoms with van der Waals surface area (Å²) in [6.07, 6.45) is 0.568. The second-order valence-corrected chi connectivity index (χ2v) is 4.57. The normalized spacial score (nSPS) is 14.0. The fraction of sp³-hybridized carbons (Fsp3) is 0.500. The van der Waals surface area contributed by atoms with Gasteiger partial charge in [-0.25, -0.2) is 4.98 Å². The Morgan fingerprint density at radius 1 is 1.80 bits per heavy atom. The number of nitriles is 1. The topological polar surface area (TPSA) is 65.8 Å². The van der Waals surface area contributed by atoms with Crippen molar-refractivity contribution in [3.8, 4) is 6.07 Å². The first-order valence-corrected chi connectivity index (χ1v) is 5.54. The van der Waals surface area contributed by atoms with Crippen LogP contribution in [0.3, 0.4) is 0 Å². The van der Waals surface area contributed by atoms with Crippen molar-refractivity contribution in [1.82, 2.24) is 10.3 Å². The standard InChI is InChI=1S/C10H13N3OS/c1-4-10(3,6-11)13-9(14)8-5-15-7(2)12-8/h5H,4H2,1-3H3,(H,13,14). The van der Waals surface area contributed by atoms with Gasteiger partial charge in [-0.3, -0.25) is 4.79 Å². The lowest BCUT2D eigenvalue weighted by Gasteiger charge is -2.20. The fourth-order valence-electron chi connectivity index (χ4n) is 0.978. The fourth-order valence-corrected chi connectivity index (χ4v) is 1.57. The Kier molecular flexibility index (Phi) is 3.43. The van der Waals surface area contributed by atoms with E-state index >= 15 is 0 Å². The summed E-state index contributed by atoms with van der Waals surface area (Å²) in [5.74, 6) is -0.287. The Morgan fingerprint density at radius 2 is 2.47 bits per heavy atom. The van der Waals surface area contributed by atoms with E-state index in [2.05, 4.69) is 16.4 Å². The molecule has 1 atom stereocenters. The van der Waals surface area contributed by atoms with E-state index in [1.165, 1.54) is 11.3 Å². The second-order valence-electron chi connectivity index (χ2n) is 3.50. The molecule has 0 radical (unpaired) electrons. The average Bonchev–Trinajstić information content (AvgIpc) is 2.65. The van der Waals surface area contributed by atoms with Gasteiger partial charge < -0.3 is 5.32 Å². The number of hydrogen-bond donors (Lipinski definition) is 1. The SMILES string of the molecule is CCC(C)(C#N)NC(=O)c1csc(C)n1. The number of carbonyl (C=O) groups is 1. The monoisotopic (exact) mass is 223 g/mol. The van der Waals surface area contributed by atoms with Crippen LogP contribution in [-0.4, -0.2) is 16.4 Å². The number of rotatable bonds is 3. The molecule has 1 aromatic rings. The molecule has 0 saturated carbocycles. The van der Waals surface area contributed by atoms with E-state index in [4.69, 9.17) is 5.26 Å². The average molecular weight is 223 g/mol. The molecule has 0 bridgehead atoms. The summed E-state index contributed by atoms with van der Waals surface area (Å²) in [6, 6.07) is 2.08. The van der Waals surface area contributed by atoms with Crippen molar-refractivity contribution in [2.24, 2.45) is 0 Å². The van der Waals surface area contributed by atoms with Crippen molar-refractivity contribution in [2.75, 3.05) is 0 Å². The summed E-state index contributed by atoms with van der Waals surface area (Å²) in [4.78, 5) is 15.7. The second kappa shape index (κ2) is 4.41. The largest absolute Gasteiger partial charge is 0.333 e. The molecule has 1 rings (SSSR count). The molecule has 5 heteroatoms. The van der Waals surface area contributed by atoms with Gasteiger partial charge >= 0.3 is 0 Å². The maximum Gasteiger partial charge on any atom is 0.271 e. The minimum absolute atomic E-state index is 0.287. The summed E-state index contributed by atoms with van der Waals surface area (Å²) in [5, 5.41) is 14.1. The van der Waals surface area contributed by atoms with Gasteiger partial charge in [0.05, 0.1) is 11.1 Å². The third-order valence-electron chi connectivity index (χ3n) is 2.19. The Morgan fingerprint density at radius 3 is 2.87 bits per heavy atom. The van der Waals surface area contributed by atoms with Crippen LogP contribution in [-0.2, 0) is 0 Å². The lowest BCUT2D eigenvalue weighted by atomic mass is 10.0.